The van der Waals surface area contributed by atoms with Crippen molar-refractivity contribution in [2.24, 2.45) is 0 Å². The molecule has 1 aliphatic heterocycles. The number of aromatic nitrogens is 2. The zero-order valence-corrected chi connectivity index (χ0v) is 12.1. The van der Waals surface area contributed by atoms with Gasteiger partial charge in [0.2, 0.25) is 5.91 Å². The molecule has 2 heterocycles. The number of rotatable bonds is 6. The van der Waals surface area contributed by atoms with Crippen molar-refractivity contribution in [3.8, 4) is 0 Å². The van der Waals surface area contributed by atoms with Crippen LogP contribution in [0.25, 0.3) is 0 Å². The Kier molecular flexibility index (Phi) is 5.72. The highest BCUT2D eigenvalue weighted by Crippen LogP contribution is 2.20. The normalized spacial score (nSPS) is 18.2. The molecule has 0 radical (unpaired) electrons. The molecule has 1 saturated heterocycles. The van der Waals surface area contributed by atoms with Crippen molar-refractivity contribution in [3.05, 3.63) is 18.2 Å². The van der Waals surface area contributed by atoms with Crippen molar-refractivity contribution in [1.82, 2.24) is 20.6 Å². The van der Waals surface area contributed by atoms with Crippen LogP contribution in [0.4, 0.5) is 0 Å². The van der Waals surface area contributed by atoms with Crippen molar-refractivity contribution >= 4 is 17.7 Å². The molecule has 1 fully saturated rings. The summed E-state index contributed by atoms with van der Waals surface area (Å²) in [6.07, 6.45) is 6.67. The topological polar surface area (TPSA) is 69.8 Å². The Morgan fingerprint density at radius 1 is 1.58 bits per heavy atom. The Hall–Kier alpha value is -1.01. The summed E-state index contributed by atoms with van der Waals surface area (Å²) in [4.78, 5) is 19.2. The van der Waals surface area contributed by atoms with Crippen LogP contribution in [0.15, 0.2) is 12.4 Å². The van der Waals surface area contributed by atoms with E-state index in [1.165, 1.54) is 0 Å². The third-order valence-corrected chi connectivity index (χ3v) is 4.70. The Labute approximate surface area is 118 Å². The van der Waals surface area contributed by atoms with Gasteiger partial charge in [0, 0.05) is 17.6 Å². The van der Waals surface area contributed by atoms with E-state index >= 15 is 0 Å². The average Bonchev–Trinajstić information content (AvgIpc) is 2.97. The fourth-order valence-corrected chi connectivity index (χ4v) is 3.26. The molecule has 0 aliphatic carbocycles. The zero-order valence-electron chi connectivity index (χ0n) is 11.3. The van der Waals surface area contributed by atoms with Crippen LogP contribution in [0.1, 0.15) is 38.1 Å². The Balaban J connectivity index is 1.73. The van der Waals surface area contributed by atoms with Crippen LogP contribution in [-0.2, 0) is 4.79 Å². The van der Waals surface area contributed by atoms with Crippen LogP contribution < -0.4 is 10.6 Å². The number of hydrogen-bond acceptors (Lipinski definition) is 4. The van der Waals surface area contributed by atoms with Crippen molar-refractivity contribution < 1.29 is 4.79 Å². The molecule has 1 unspecified atom stereocenters. The monoisotopic (exact) mass is 282 g/mol. The van der Waals surface area contributed by atoms with Crippen LogP contribution in [0.2, 0.25) is 0 Å². The van der Waals surface area contributed by atoms with Crippen LogP contribution in [0, 0.1) is 0 Å². The maximum Gasteiger partial charge on any atom is 0.230 e. The second kappa shape index (κ2) is 7.55. The summed E-state index contributed by atoms with van der Waals surface area (Å²) in [6.45, 7) is 4.19. The predicted octanol–water partition coefficient (Wildman–Crippen LogP) is 1.46. The number of thioether (sulfide) groups is 1. The van der Waals surface area contributed by atoms with Crippen molar-refractivity contribution in [2.75, 3.05) is 18.8 Å². The molecule has 3 N–H and O–H groups in total. The van der Waals surface area contributed by atoms with Gasteiger partial charge in [0.05, 0.1) is 11.8 Å². The van der Waals surface area contributed by atoms with Crippen LogP contribution in [-0.4, -0.2) is 40.0 Å². The molecule has 1 aromatic rings. The fraction of sp³-hybridized carbons (Fsp3) is 0.692. The largest absolute Gasteiger partial charge is 0.347 e. The highest BCUT2D eigenvalue weighted by molar-refractivity contribution is 8.00. The number of piperidine rings is 1. The molecule has 1 amide bonds. The third-order valence-electron chi connectivity index (χ3n) is 3.33. The van der Waals surface area contributed by atoms with Gasteiger partial charge < -0.3 is 15.6 Å². The van der Waals surface area contributed by atoms with Gasteiger partial charge in [0.25, 0.3) is 0 Å². The number of nitrogens with zero attached hydrogens (tertiary/aromatic N) is 1. The maximum absolute atomic E-state index is 12.0. The summed E-state index contributed by atoms with van der Waals surface area (Å²) >= 11 is 1.77. The molecule has 1 atom stereocenters. The van der Waals surface area contributed by atoms with Gasteiger partial charge in [-0.2, -0.15) is 0 Å². The van der Waals surface area contributed by atoms with Gasteiger partial charge in [-0.05, 0) is 32.4 Å². The van der Waals surface area contributed by atoms with E-state index in [0.717, 1.165) is 38.2 Å². The number of carbonyl (C=O) groups excluding carboxylic acids is 1. The lowest BCUT2D eigenvalue weighted by Gasteiger charge is -2.22. The van der Waals surface area contributed by atoms with E-state index in [-0.39, 0.29) is 11.9 Å². The molecule has 0 bridgehead atoms. The van der Waals surface area contributed by atoms with Crippen molar-refractivity contribution in [2.45, 2.75) is 37.5 Å². The van der Waals surface area contributed by atoms with E-state index in [4.69, 9.17) is 0 Å². The van der Waals surface area contributed by atoms with Crippen molar-refractivity contribution in [1.29, 1.82) is 0 Å². The highest BCUT2D eigenvalue weighted by atomic mass is 32.2. The number of H-pyrrole nitrogens is 1. The second-order valence-corrected chi connectivity index (χ2v) is 6.05. The average molecular weight is 282 g/mol. The standard InChI is InChI=1S/C13H22N4OS/c1-2-11(13-15-7-8-16-13)17-12(18)9-19-10-3-5-14-6-4-10/h7-8,10-11,14H,2-6,9H2,1H3,(H,15,16)(H,17,18). The summed E-state index contributed by atoms with van der Waals surface area (Å²) in [5, 5.41) is 7.00. The molecule has 1 aliphatic rings. The van der Waals surface area contributed by atoms with Crippen LogP contribution >= 0.6 is 11.8 Å². The zero-order chi connectivity index (χ0) is 13.5. The lowest BCUT2D eigenvalue weighted by Crippen LogP contribution is -2.33. The molecule has 5 nitrogen and oxygen atoms in total. The molecule has 0 aromatic carbocycles. The molecule has 106 valence electrons. The van der Waals surface area contributed by atoms with Gasteiger partial charge in [0.1, 0.15) is 5.82 Å². The summed E-state index contributed by atoms with van der Waals surface area (Å²) in [5.41, 5.74) is 0. The minimum Gasteiger partial charge on any atom is -0.347 e. The quantitative estimate of drug-likeness (QED) is 0.739. The number of carbonyl (C=O) groups is 1. The van der Waals surface area contributed by atoms with Crippen LogP contribution in [0.5, 0.6) is 0 Å². The minimum absolute atomic E-state index is 0.00359. The first-order valence-corrected chi connectivity index (χ1v) is 7.95. The van der Waals surface area contributed by atoms with E-state index in [2.05, 4.69) is 20.6 Å². The van der Waals surface area contributed by atoms with Crippen molar-refractivity contribution in [3.63, 3.8) is 0 Å². The Morgan fingerprint density at radius 2 is 2.37 bits per heavy atom. The lowest BCUT2D eigenvalue weighted by atomic mass is 10.2. The first-order valence-electron chi connectivity index (χ1n) is 6.90. The summed E-state index contributed by atoms with van der Waals surface area (Å²) < 4.78 is 0. The van der Waals surface area contributed by atoms with Crippen LogP contribution in [0.3, 0.4) is 0 Å². The number of imidazole rings is 1. The smallest absolute Gasteiger partial charge is 0.230 e. The lowest BCUT2D eigenvalue weighted by molar-refractivity contribution is -0.119. The van der Waals surface area contributed by atoms with E-state index in [1.54, 1.807) is 24.2 Å². The first-order chi connectivity index (χ1) is 9.29. The molecule has 19 heavy (non-hydrogen) atoms. The molecule has 6 heteroatoms. The number of amides is 1. The highest BCUT2D eigenvalue weighted by Gasteiger charge is 2.18. The summed E-state index contributed by atoms with van der Waals surface area (Å²) in [5.74, 6) is 1.48. The second-order valence-electron chi connectivity index (χ2n) is 4.76. The molecular weight excluding hydrogens is 260 g/mol. The maximum atomic E-state index is 12.0. The minimum atomic E-state index is -0.00359. The summed E-state index contributed by atoms with van der Waals surface area (Å²) in [6, 6.07) is -0.00359. The summed E-state index contributed by atoms with van der Waals surface area (Å²) in [7, 11) is 0. The van der Waals surface area contributed by atoms with E-state index < -0.39 is 0 Å². The third kappa shape index (κ3) is 4.54. The van der Waals surface area contributed by atoms with Gasteiger partial charge in [-0.25, -0.2) is 4.98 Å². The number of nitrogens with one attached hydrogen (secondary N) is 3. The van der Waals surface area contributed by atoms with Gasteiger partial charge >= 0.3 is 0 Å². The molecule has 1 aromatic heterocycles. The molecule has 2 rings (SSSR count). The SMILES string of the molecule is CCC(NC(=O)CSC1CCNCC1)c1ncc[nH]1. The first kappa shape index (κ1) is 14.4. The molecule has 0 saturated carbocycles. The predicted molar refractivity (Wildman–Crippen MR) is 78.1 cm³/mol. The van der Waals surface area contributed by atoms with E-state index in [0.29, 0.717) is 11.0 Å². The van der Waals surface area contributed by atoms with Gasteiger partial charge in [-0.3, -0.25) is 4.79 Å². The Bertz CT molecular complexity index is 376. The number of hydrogen-bond donors (Lipinski definition) is 3. The van der Waals surface area contributed by atoms with E-state index in [1.807, 2.05) is 6.92 Å². The Morgan fingerprint density at radius 3 is 3.00 bits per heavy atom. The fourth-order valence-electron chi connectivity index (χ4n) is 2.22. The number of aromatic amines is 1. The van der Waals surface area contributed by atoms with Gasteiger partial charge in [-0.1, -0.05) is 6.92 Å². The molecule has 0 spiro atoms. The molecular formula is C13H22N4OS. The van der Waals surface area contributed by atoms with Gasteiger partial charge in [0.15, 0.2) is 0 Å². The van der Waals surface area contributed by atoms with E-state index in [9.17, 15) is 4.79 Å². The van der Waals surface area contributed by atoms with Gasteiger partial charge in [-0.15, -0.1) is 11.8 Å².